The molecule has 0 fully saturated rings. The van der Waals surface area contributed by atoms with Crippen molar-refractivity contribution in [2.24, 2.45) is 0 Å². The summed E-state index contributed by atoms with van der Waals surface area (Å²) in [7, 11) is 0. The van der Waals surface area contributed by atoms with Crippen LogP contribution in [-0.2, 0) is 12.4 Å². The fourth-order valence-electron chi connectivity index (χ4n) is 4.16. The van der Waals surface area contributed by atoms with Gasteiger partial charge in [-0.25, -0.2) is 9.97 Å². The van der Waals surface area contributed by atoms with Crippen LogP contribution in [0.5, 0.6) is 0 Å². The van der Waals surface area contributed by atoms with Crippen molar-refractivity contribution in [1.29, 1.82) is 0 Å². The van der Waals surface area contributed by atoms with Crippen LogP contribution in [0, 0.1) is 0 Å². The third kappa shape index (κ3) is 7.52. The molecule has 4 N–H and O–H groups in total. The molecular weight excluding hydrogens is 651 g/mol. The Morgan fingerprint density at radius 2 is 0.957 bits per heavy atom. The van der Waals surface area contributed by atoms with Gasteiger partial charge in [0.05, 0.1) is 46.3 Å². The summed E-state index contributed by atoms with van der Waals surface area (Å²) < 4.78 is 78.3. The molecule has 4 heterocycles. The lowest BCUT2D eigenvalue weighted by Crippen LogP contribution is -2.09. The van der Waals surface area contributed by atoms with Crippen LogP contribution in [-0.4, -0.2) is 19.9 Å². The summed E-state index contributed by atoms with van der Waals surface area (Å²) in [6.07, 6.45) is -2.48. The van der Waals surface area contributed by atoms with Crippen molar-refractivity contribution < 1.29 is 26.3 Å². The molecule has 0 aliphatic carbocycles. The average molecular weight is 671 g/mol. The van der Waals surface area contributed by atoms with Crippen molar-refractivity contribution in [2.45, 2.75) is 12.4 Å². The SMILES string of the molecule is FC(F)(F)c1cccc(Nc2nc(-c3cncc(NNc4cncc(-c5csc(Nc6cccc(C(F)(F)F)c6)n5)c4)c3)cs2)c1. The van der Waals surface area contributed by atoms with Gasteiger partial charge in [-0.2, -0.15) is 26.3 Å². The number of nitrogens with one attached hydrogen (secondary N) is 4. The molecule has 234 valence electrons. The van der Waals surface area contributed by atoms with E-state index in [1.807, 2.05) is 0 Å². The van der Waals surface area contributed by atoms with Crippen molar-refractivity contribution in [3.63, 3.8) is 0 Å². The van der Waals surface area contributed by atoms with Crippen LogP contribution in [0.4, 0.5) is 59.4 Å². The van der Waals surface area contributed by atoms with E-state index in [0.717, 1.165) is 24.3 Å². The molecule has 16 heteroatoms. The molecule has 0 unspecified atom stereocenters. The topological polar surface area (TPSA) is 99.7 Å². The molecule has 2 aromatic carbocycles. The summed E-state index contributed by atoms with van der Waals surface area (Å²) in [6.45, 7) is 0. The molecule has 0 amide bonds. The van der Waals surface area contributed by atoms with Crippen molar-refractivity contribution in [3.8, 4) is 22.5 Å². The number of anilines is 6. The number of alkyl halides is 6. The predicted octanol–water partition coefficient (Wildman–Crippen LogP) is 9.69. The number of nitrogens with zero attached hydrogens (tertiary/aromatic N) is 4. The first-order valence-electron chi connectivity index (χ1n) is 13.2. The van der Waals surface area contributed by atoms with Gasteiger partial charge in [0.1, 0.15) is 0 Å². The molecule has 6 rings (SSSR count). The molecule has 46 heavy (non-hydrogen) atoms. The van der Waals surface area contributed by atoms with Crippen LogP contribution >= 0.6 is 22.7 Å². The van der Waals surface area contributed by atoms with Crippen molar-refractivity contribution in [2.75, 3.05) is 21.5 Å². The zero-order valence-electron chi connectivity index (χ0n) is 23.1. The molecule has 6 aromatic rings. The first-order chi connectivity index (χ1) is 22.0. The third-order valence-corrected chi connectivity index (χ3v) is 7.83. The Morgan fingerprint density at radius 1 is 0.522 bits per heavy atom. The molecule has 0 radical (unpaired) electrons. The summed E-state index contributed by atoms with van der Waals surface area (Å²) in [5.41, 5.74) is 8.84. The van der Waals surface area contributed by atoms with E-state index in [0.29, 0.717) is 44.2 Å². The molecule has 0 saturated carbocycles. The third-order valence-electron chi connectivity index (χ3n) is 6.31. The molecule has 0 saturated heterocycles. The van der Waals surface area contributed by atoms with Gasteiger partial charge in [0.25, 0.3) is 0 Å². The highest BCUT2D eigenvalue weighted by atomic mass is 32.1. The number of hydrogen-bond acceptors (Lipinski definition) is 10. The highest BCUT2D eigenvalue weighted by molar-refractivity contribution is 7.14. The van der Waals surface area contributed by atoms with Crippen LogP contribution in [0.15, 0.2) is 96.2 Å². The Morgan fingerprint density at radius 3 is 1.37 bits per heavy atom. The van der Waals surface area contributed by atoms with Gasteiger partial charge < -0.3 is 10.6 Å². The summed E-state index contributed by atoms with van der Waals surface area (Å²) >= 11 is 2.48. The number of aromatic nitrogens is 4. The Bertz CT molecular complexity index is 1830. The van der Waals surface area contributed by atoms with E-state index in [2.05, 4.69) is 41.4 Å². The number of thiazole rings is 2. The first-order valence-corrected chi connectivity index (χ1v) is 15.0. The van der Waals surface area contributed by atoms with Gasteiger partial charge in [-0.1, -0.05) is 12.1 Å². The van der Waals surface area contributed by atoms with E-state index >= 15 is 0 Å². The quantitative estimate of drug-likeness (QED) is 0.0892. The fourth-order valence-corrected chi connectivity index (χ4v) is 5.64. The second-order valence-corrected chi connectivity index (χ2v) is 11.4. The monoisotopic (exact) mass is 670 g/mol. The minimum Gasteiger partial charge on any atom is -0.332 e. The van der Waals surface area contributed by atoms with Gasteiger partial charge in [0.15, 0.2) is 10.3 Å². The highest BCUT2D eigenvalue weighted by Gasteiger charge is 2.31. The zero-order valence-corrected chi connectivity index (χ0v) is 24.7. The van der Waals surface area contributed by atoms with Crippen molar-refractivity contribution in [1.82, 2.24) is 19.9 Å². The van der Waals surface area contributed by atoms with Gasteiger partial charge >= 0.3 is 12.4 Å². The largest absolute Gasteiger partial charge is 0.416 e. The lowest BCUT2D eigenvalue weighted by Gasteiger charge is -2.11. The predicted molar refractivity (Wildman–Crippen MR) is 167 cm³/mol. The van der Waals surface area contributed by atoms with Gasteiger partial charge in [-0.3, -0.25) is 20.8 Å². The minimum absolute atomic E-state index is 0.269. The second kappa shape index (κ2) is 12.6. The number of halogens is 6. The lowest BCUT2D eigenvalue weighted by molar-refractivity contribution is -0.138. The number of hydrogen-bond donors (Lipinski definition) is 4. The molecule has 8 nitrogen and oxygen atoms in total. The van der Waals surface area contributed by atoms with E-state index in [-0.39, 0.29) is 11.4 Å². The summed E-state index contributed by atoms with van der Waals surface area (Å²) in [6, 6.07) is 13.4. The maximum Gasteiger partial charge on any atom is 0.416 e. The standard InChI is InChI=1S/C30H20F6N8S2/c31-29(32,33)19-3-1-5-21(9-19)39-27-41-25(15-45-27)17-7-23(13-37-11-17)43-44-24-8-18(12-38-14-24)26-16-46-28(42-26)40-22-6-2-4-20(10-22)30(34,35)36/h1-16,43-44H,(H,39,41)(H,40,42). The highest BCUT2D eigenvalue weighted by Crippen LogP contribution is 2.34. The normalized spacial score (nSPS) is 11.7. The van der Waals surface area contributed by atoms with Crippen LogP contribution in [0.25, 0.3) is 22.5 Å². The van der Waals surface area contributed by atoms with Gasteiger partial charge in [-0.15, -0.1) is 22.7 Å². The number of pyridine rings is 2. The molecule has 0 aliphatic heterocycles. The van der Waals surface area contributed by atoms with E-state index in [4.69, 9.17) is 0 Å². The van der Waals surface area contributed by atoms with Gasteiger partial charge in [0, 0.05) is 45.7 Å². The van der Waals surface area contributed by atoms with Crippen LogP contribution in [0.2, 0.25) is 0 Å². The van der Waals surface area contributed by atoms with E-state index < -0.39 is 23.5 Å². The van der Waals surface area contributed by atoms with E-state index in [1.54, 1.807) is 47.7 Å². The fraction of sp³-hybridized carbons (Fsp3) is 0.0667. The molecule has 0 spiro atoms. The van der Waals surface area contributed by atoms with Gasteiger partial charge in [-0.05, 0) is 48.5 Å². The molecular formula is C30H20F6N8S2. The van der Waals surface area contributed by atoms with E-state index in [1.165, 1.54) is 46.9 Å². The number of benzene rings is 2. The summed E-state index contributed by atoms with van der Waals surface area (Å²) in [5.74, 6) is 0. The smallest absolute Gasteiger partial charge is 0.332 e. The Hall–Kier alpha value is -5.22. The average Bonchev–Trinajstić information content (AvgIpc) is 3.70. The van der Waals surface area contributed by atoms with Crippen LogP contribution < -0.4 is 21.5 Å². The van der Waals surface area contributed by atoms with Gasteiger partial charge in [0.2, 0.25) is 0 Å². The van der Waals surface area contributed by atoms with Crippen LogP contribution in [0.1, 0.15) is 11.1 Å². The molecule has 0 atom stereocenters. The first kappa shape index (κ1) is 30.8. The van der Waals surface area contributed by atoms with Crippen molar-refractivity contribution >= 4 is 55.7 Å². The Kier molecular flexibility index (Phi) is 8.46. The zero-order chi connectivity index (χ0) is 32.3. The van der Waals surface area contributed by atoms with E-state index in [9.17, 15) is 26.3 Å². The second-order valence-electron chi connectivity index (χ2n) is 9.66. The number of hydrazine groups is 1. The maximum atomic E-state index is 13.1. The lowest BCUT2D eigenvalue weighted by atomic mass is 10.2. The molecule has 0 aliphatic rings. The Labute approximate surface area is 265 Å². The minimum atomic E-state index is -4.45. The maximum absolute atomic E-state index is 13.1. The molecule has 4 aromatic heterocycles. The summed E-state index contributed by atoms with van der Waals surface area (Å²) in [5, 5.41) is 10.2. The number of rotatable bonds is 9. The Balaban J connectivity index is 1.09. The van der Waals surface area contributed by atoms with Crippen LogP contribution in [0.3, 0.4) is 0 Å². The molecule has 0 bridgehead atoms. The summed E-state index contributed by atoms with van der Waals surface area (Å²) in [4.78, 5) is 17.5. The van der Waals surface area contributed by atoms with Crippen molar-refractivity contribution in [3.05, 3.63) is 107 Å².